The van der Waals surface area contributed by atoms with E-state index in [1.165, 1.54) is 13.2 Å². The summed E-state index contributed by atoms with van der Waals surface area (Å²) in [7, 11) is -2.24. The van der Waals surface area contributed by atoms with Gasteiger partial charge in [0.2, 0.25) is 10.0 Å². The highest BCUT2D eigenvalue weighted by atomic mass is 35.5. The van der Waals surface area contributed by atoms with Crippen molar-refractivity contribution in [2.45, 2.75) is 37.6 Å². The van der Waals surface area contributed by atoms with Crippen LogP contribution in [0.2, 0.25) is 5.02 Å². The van der Waals surface area contributed by atoms with Crippen molar-refractivity contribution in [2.75, 3.05) is 13.7 Å². The Kier molecular flexibility index (Phi) is 6.75. The molecule has 0 bridgehead atoms. The van der Waals surface area contributed by atoms with Gasteiger partial charge in [0.15, 0.2) is 0 Å². The maximum atomic E-state index is 12.3. The maximum Gasteiger partial charge on any atom is 0.244 e. The molecule has 0 aliphatic carbocycles. The molecule has 0 saturated heterocycles. The molecule has 1 aromatic carbocycles. The second kappa shape index (κ2) is 7.83. The predicted molar refractivity (Wildman–Crippen MR) is 80.6 cm³/mol. The number of hydrogen-bond donors (Lipinski definition) is 2. The molecule has 7 heteroatoms. The zero-order chi connectivity index (χ0) is 15.2. The summed E-state index contributed by atoms with van der Waals surface area (Å²) in [5.41, 5.74) is 6.16. The second-order valence-corrected chi connectivity index (χ2v) is 6.58. The molecule has 0 aromatic heterocycles. The van der Waals surface area contributed by atoms with Crippen molar-refractivity contribution < 1.29 is 13.2 Å². The Balaban J connectivity index is 3.07. The van der Waals surface area contributed by atoms with Crippen LogP contribution in [0.25, 0.3) is 0 Å². The summed E-state index contributed by atoms with van der Waals surface area (Å²) >= 11 is 5.94. The average molecular weight is 321 g/mol. The summed E-state index contributed by atoms with van der Waals surface area (Å²) < 4.78 is 32.3. The minimum Gasteiger partial charge on any atom is -0.495 e. The van der Waals surface area contributed by atoms with Gasteiger partial charge in [0.05, 0.1) is 7.11 Å². The minimum absolute atomic E-state index is 0.0319. The average Bonchev–Trinajstić information content (AvgIpc) is 2.42. The SMILES string of the molecule is CCCCCNS(=O)(=O)c1cc(Cl)cc(CN)c1OC. The third-order valence-electron chi connectivity index (χ3n) is 2.88. The first-order valence-corrected chi connectivity index (χ1v) is 8.38. The van der Waals surface area contributed by atoms with Gasteiger partial charge in [-0.1, -0.05) is 31.4 Å². The van der Waals surface area contributed by atoms with Crippen LogP contribution in [-0.4, -0.2) is 22.1 Å². The van der Waals surface area contributed by atoms with Gasteiger partial charge < -0.3 is 10.5 Å². The molecule has 0 heterocycles. The Hall–Kier alpha value is -0.820. The summed E-state index contributed by atoms with van der Waals surface area (Å²) in [4.78, 5) is 0.0319. The number of ether oxygens (including phenoxy) is 1. The number of benzene rings is 1. The Bertz CT molecular complexity index is 547. The van der Waals surface area contributed by atoms with E-state index < -0.39 is 10.0 Å². The number of methoxy groups -OCH3 is 1. The summed E-state index contributed by atoms with van der Waals surface area (Å²) in [5, 5.41) is 0.320. The Morgan fingerprint density at radius 3 is 2.60 bits per heavy atom. The molecule has 0 saturated carbocycles. The van der Waals surface area contributed by atoms with Crippen molar-refractivity contribution in [3.63, 3.8) is 0 Å². The highest BCUT2D eigenvalue weighted by Crippen LogP contribution is 2.31. The molecule has 0 aliphatic rings. The van der Waals surface area contributed by atoms with E-state index >= 15 is 0 Å². The molecule has 0 atom stereocenters. The quantitative estimate of drug-likeness (QED) is 0.720. The molecule has 20 heavy (non-hydrogen) atoms. The third-order valence-corrected chi connectivity index (χ3v) is 4.57. The van der Waals surface area contributed by atoms with Crippen LogP contribution in [-0.2, 0) is 16.6 Å². The Labute approximate surface area is 125 Å². The van der Waals surface area contributed by atoms with Gasteiger partial charge in [-0.05, 0) is 18.6 Å². The van der Waals surface area contributed by atoms with Crippen molar-refractivity contribution in [1.29, 1.82) is 0 Å². The van der Waals surface area contributed by atoms with Crippen molar-refractivity contribution >= 4 is 21.6 Å². The maximum absolute atomic E-state index is 12.3. The molecule has 5 nitrogen and oxygen atoms in total. The van der Waals surface area contributed by atoms with Crippen molar-refractivity contribution in [3.8, 4) is 5.75 Å². The molecule has 0 spiro atoms. The Morgan fingerprint density at radius 2 is 2.05 bits per heavy atom. The number of rotatable bonds is 8. The lowest BCUT2D eigenvalue weighted by Gasteiger charge is -2.14. The fourth-order valence-electron chi connectivity index (χ4n) is 1.86. The van der Waals surface area contributed by atoms with Gasteiger partial charge in [-0.2, -0.15) is 0 Å². The lowest BCUT2D eigenvalue weighted by Crippen LogP contribution is -2.25. The van der Waals surface area contributed by atoms with Gasteiger partial charge in [0.25, 0.3) is 0 Å². The van der Waals surface area contributed by atoms with Crippen LogP contribution in [0.4, 0.5) is 0 Å². The summed E-state index contributed by atoms with van der Waals surface area (Å²) in [6.07, 6.45) is 2.80. The minimum atomic E-state index is -3.65. The first kappa shape index (κ1) is 17.2. The molecule has 1 aromatic rings. The summed E-state index contributed by atoms with van der Waals surface area (Å²) in [6.45, 7) is 2.61. The van der Waals surface area contributed by atoms with E-state index in [-0.39, 0.29) is 17.2 Å². The van der Waals surface area contributed by atoms with Crippen LogP contribution in [0.5, 0.6) is 5.75 Å². The smallest absolute Gasteiger partial charge is 0.244 e. The van der Waals surface area contributed by atoms with Crippen LogP contribution < -0.4 is 15.2 Å². The zero-order valence-electron chi connectivity index (χ0n) is 11.8. The lowest BCUT2D eigenvalue weighted by molar-refractivity contribution is 0.397. The standard InChI is InChI=1S/C13H21ClN2O3S/c1-3-4-5-6-16-20(17,18)12-8-11(14)7-10(9-15)13(12)19-2/h7-8,16H,3-6,9,15H2,1-2H3. The molecule has 3 N–H and O–H groups in total. The normalized spacial score (nSPS) is 11.6. The van der Waals surface area contributed by atoms with Crippen LogP contribution in [0.1, 0.15) is 31.7 Å². The monoisotopic (exact) mass is 320 g/mol. The van der Waals surface area contributed by atoms with Crippen LogP contribution in [0.15, 0.2) is 17.0 Å². The fraction of sp³-hybridized carbons (Fsp3) is 0.538. The van der Waals surface area contributed by atoms with Gasteiger partial charge >= 0.3 is 0 Å². The van der Waals surface area contributed by atoms with E-state index in [1.54, 1.807) is 6.07 Å². The van der Waals surface area contributed by atoms with Crippen LogP contribution in [0.3, 0.4) is 0 Å². The number of nitrogens with two attached hydrogens (primary N) is 1. The summed E-state index contributed by atoms with van der Waals surface area (Å²) in [5.74, 6) is 0.250. The van der Waals surface area contributed by atoms with Crippen LogP contribution in [0, 0.1) is 0 Å². The van der Waals surface area contributed by atoms with E-state index in [0.29, 0.717) is 17.1 Å². The van der Waals surface area contributed by atoms with Crippen molar-refractivity contribution in [3.05, 3.63) is 22.7 Å². The molecule has 0 fully saturated rings. The number of unbranched alkanes of at least 4 members (excludes halogenated alkanes) is 2. The van der Waals surface area contributed by atoms with Gasteiger partial charge in [0, 0.05) is 23.7 Å². The van der Waals surface area contributed by atoms with E-state index in [1.807, 2.05) is 0 Å². The summed E-state index contributed by atoms with van der Waals surface area (Å²) in [6, 6.07) is 2.98. The topological polar surface area (TPSA) is 81.4 Å². The third kappa shape index (κ3) is 4.34. The molecule has 1 rings (SSSR count). The first-order valence-electron chi connectivity index (χ1n) is 6.52. The van der Waals surface area contributed by atoms with Gasteiger partial charge in [-0.25, -0.2) is 13.1 Å². The molecule has 0 radical (unpaired) electrons. The fourth-order valence-corrected chi connectivity index (χ4v) is 3.48. The first-order chi connectivity index (χ1) is 9.46. The highest BCUT2D eigenvalue weighted by molar-refractivity contribution is 7.89. The van der Waals surface area contributed by atoms with Gasteiger partial charge in [0.1, 0.15) is 10.6 Å². The highest BCUT2D eigenvalue weighted by Gasteiger charge is 2.22. The zero-order valence-corrected chi connectivity index (χ0v) is 13.4. The molecular weight excluding hydrogens is 300 g/mol. The van der Waals surface area contributed by atoms with E-state index in [9.17, 15) is 8.42 Å². The molecule has 0 unspecified atom stereocenters. The second-order valence-electron chi connectivity index (χ2n) is 4.41. The number of halogens is 1. The van der Waals surface area contributed by atoms with E-state index in [4.69, 9.17) is 22.1 Å². The number of sulfonamides is 1. The van der Waals surface area contributed by atoms with E-state index in [2.05, 4.69) is 11.6 Å². The molecule has 114 valence electrons. The lowest BCUT2D eigenvalue weighted by atomic mass is 10.2. The van der Waals surface area contributed by atoms with Crippen LogP contribution >= 0.6 is 11.6 Å². The number of nitrogens with one attached hydrogen (secondary N) is 1. The van der Waals surface area contributed by atoms with E-state index in [0.717, 1.165) is 19.3 Å². The molecular formula is C13H21ClN2O3S. The van der Waals surface area contributed by atoms with Gasteiger partial charge in [-0.15, -0.1) is 0 Å². The largest absolute Gasteiger partial charge is 0.495 e. The predicted octanol–water partition coefficient (Wildman–Crippen LogP) is 2.28. The van der Waals surface area contributed by atoms with Gasteiger partial charge in [-0.3, -0.25) is 0 Å². The van der Waals surface area contributed by atoms with Crippen molar-refractivity contribution in [2.24, 2.45) is 5.73 Å². The molecule has 0 aliphatic heterocycles. The van der Waals surface area contributed by atoms with Crippen molar-refractivity contribution in [1.82, 2.24) is 4.72 Å². The number of hydrogen-bond acceptors (Lipinski definition) is 4. The Morgan fingerprint density at radius 1 is 1.35 bits per heavy atom. The molecule has 0 amide bonds.